The Morgan fingerprint density at radius 1 is 1.21 bits per heavy atom. The molecule has 0 atom stereocenters. The maximum atomic E-state index is 12.3. The lowest BCUT2D eigenvalue weighted by atomic mass is 10.2. The van der Waals surface area contributed by atoms with Crippen LogP contribution in [0.4, 0.5) is 0 Å². The van der Waals surface area contributed by atoms with E-state index in [0.29, 0.717) is 6.54 Å². The minimum Gasteiger partial charge on any atom is -0.455 e. The van der Waals surface area contributed by atoms with Gasteiger partial charge in [-0.3, -0.25) is 9.59 Å². The van der Waals surface area contributed by atoms with Crippen molar-refractivity contribution in [3.63, 3.8) is 0 Å². The second-order valence-electron chi connectivity index (χ2n) is 5.44. The van der Waals surface area contributed by atoms with Gasteiger partial charge in [0.05, 0.1) is 4.90 Å². The number of amides is 1. The highest BCUT2D eigenvalue weighted by Gasteiger charge is 2.23. The first-order valence-electron chi connectivity index (χ1n) is 7.72. The lowest BCUT2D eigenvalue weighted by Gasteiger charge is -2.16. The van der Waals surface area contributed by atoms with Gasteiger partial charge in [0, 0.05) is 13.6 Å². The standard InChI is InChI=1S/C16H24N2O5S/c1-4-5-10-17-15(19)12-23-16(20)11-18(3)24(21,22)14-8-6-13(2)7-9-14/h6-9H,4-5,10-12H2,1-3H3,(H,17,19). The molecule has 1 rings (SSSR count). The predicted octanol–water partition coefficient (Wildman–Crippen LogP) is 1.08. The van der Waals surface area contributed by atoms with Crippen molar-refractivity contribution in [2.45, 2.75) is 31.6 Å². The van der Waals surface area contributed by atoms with Crippen LogP contribution in [0.3, 0.4) is 0 Å². The van der Waals surface area contributed by atoms with E-state index in [4.69, 9.17) is 4.74 Å². The molecule has 1 amide bonds. The molecular weight excluding hydrogens is 332 g/mol. The Hall–Kier alpha value is -1.93. The van der Waals surface area contributed by atoms with Gasteiger partial charge in [-0.05, 0) is 25.5 Å². The molecular formula is C16H24N2O5S. The zero-order valence-electron chi connectivity index (χ0n) is 14.2. The number of carbonyl (C=O) groups excluding carboxylic acids is 2. The van der Waals surface area contributed by atoms with Gasteiger partial charge in [-0.1, -0.05) is 31.0 Å². The predicted molar refractivity (Wildman–Crippen MR) is 89.9 cm³/mol. The maximum absolute atomic E-state index is 12.3. The topological polar surface area (TPSA) is 92.8 Å². The quantitative estimate of drug-likeness (QED) is 0.528. The number of unbranched alkanes of at least 4 members (excludes halogenated alkanes) is 1. The summed E-state index contributed by atoms with van der Waals surface area (Å²) < 4.78 is 30.4. The summed E-state index contributed by atoms with van der Waals surface area (Å²) >= 11 is 0. The Balaban J connectivity index is 2.51. The summed E-state index contributed by atoms with van der Waals surface area (Å²) in [5.74, 6) is -1.18. The van der Waals surface area contributed by atoms with E-state index in [1.165, 1.54) is 19.2 Å². The molecule has 7 nitrogen and oxygen atoms in total. The average Bonchev–Trinajstić information content (AvgIpc) is 2.53. The lowest BCUT2D eigenvalue weighted by Crippen LogP contribution is -2.35. The van der Waals surface area contributed by atoms with Crippen molar-refractivity contribution in [2.75, 3.05) is 26.7 Å². The Labute approximate surface area is 143 Å². The number of aryl methyl sites for hydroxylation is 1. The summed E-state index contributed by atoms with van der Waals surface area (Å²) in [6, 6.07) is 6.32. The average molecular weight is 356 g/mol. The van der Waals surface area contributed by atoms with E-state index in [0.717, 1.165) is 22.7 Å². The van der Waals surface area contributed by atoms with Crippen LogP contribution >= 0.6 is 0 Å². The van der Waals surface area contributed by atoms with Crippen LogP contribution in [-0.2, 0) is 24.3 Å². The van der Waals surface area contributed by atoms with Crippen molar-refractivity contribution in [3.8, 4) is 0 Å². The van der Waals surface area contributed by atoms with Gasteiger partial charge in [0.15, 0.2) is 6.61 Å². The van der Waals surface area contributed by atoms with Gasteiger partial charge in [0.1, 0.15) is 6.54 Å². The number of ether oxygens (including phenoxy) is 1. The number of carbonyl (C=O) groups is 2. The van der Waals surface area contributed by atoms with Crippen LogP contribution in [0.5, 0.6) is 0 Å². The van der Waals surface area contributed by atoms with E-state index in [9.17, 15) is 18.0 Å². The summed E-state index contributed by atoms with van der Waals surface area (Å²) in [7, 11) is -2.49. The molecule has 0 aliphatic heterocycles. The minimum absolute atomic E-state index is 0.0979. The summed E-state index contributed by atoms with van der Waals surface area (Å²) in [4.78, 5) is 23.2. The van der Waals surface area contributed by atoms with Gasteiger partial charge in [0.2, 0.25) is 10.0 Å². The first kappa shape index (κ1) is 20.1. The van der Waals surface area contributed by atoms with E-state index in [1.54, 1.807) is 12.1 Å². The fourth-order valence-electron chi connectivity index (χ4n) is 1.80. The minimum atomic E-state index is -3.77. The fraction of sp³-hybridized carbons (Fsp3) is 0.500. The zero-order chi connectivity index (χ0) is 18.2. The number of nitrogens with zero attached hydrogens (tertiary/aromatic N) is 1. The van der Waals surface area contributed by atoms with Gasteiger partial charge >= 0.3 is 5.97 Å². The van der Waals surface area contributed by atoms with E-state index in [-0.39, 0.29) is 4.90 Å². The van der Waals surface area contributed by atoms with Crippen LogP contribution in [0.15, 0.2) is 29.2 Å². The molecule has 8 heteroatoms. The normalized spacial score (nSPS) is 11.3. The highest BCUT2D eigenvalue weighted by molar-refractivity contribution is 7.89. The summed E-state index contributed by atoms with van der Waals surface area (Å²) in [6.45, 7) is 3.49. The van der Waals surface area contributed by atoms with Crippen molar-refractivity contribution < 1.29 is 22.7 Å². The third kappa shape index (κ3) is 6.29. The zero-order valence-corrected chi connectivity index (χ0v) is 15.1. The van der Waals surface area contributed by atoms with Gasteiger partial charge in [-0.25, -0.2) is 8.42 Å². The van der Waals surface area contributed by atoms with Gasteiger partial charge < -0.3 is 10.1 Å². The molecule has 0 spiro atoms. The Bertz CT molecular complexity index is 656. The van der Waals surface area contributed by atoms with Crippen LogP contribution in [-0.4, -0.2) is 51.3 Å². The van der Waals surface area contributed by atoms with Crippen LogP contribution in [0.25, 0.3) is 0 Å². The fourth-order valence-corrected chi connectivity index (χ4v) is 2.92. The lowest BCUT2D eigenvalue weighted by molar-refractivity contribution is -0.148. The summed E-state index contributed by atoms with van der Waals surface area (Å²) in [5, 5.41) is 2.61. The van der Waals surface area contributed by atoms with E-state index in [1.807, 2.05) is 13.8 Å². The Morgan fingerprint density at radius 2 is 1.83 bits per heavy atom. The molecule has 1 aromatic rings. The molecule has 0 bridgehead atoms. The van der Waals surface area contributed by atoms with Crippen molar-refractivity contribution in [1.29, 1.82) is 0 Å². The second-order valence-corrected chi connectivity index (χ2v) is 7.48. The van der Waals surface area contributed by atoms with Crippen molar-refractivity contribution in [3.05, 3.63) is 29.8 Å². The number of sulfonamides is 1. The Kier molecular flexibility index (Phi) is 7.87. The van der Waals surface area contributed by atoms with Gasteiger partial charge in [0.25, 0.3) is 5.91 Å². The molecule has 24 heavy (non-hydrogen) atoms. The molecule has 0 aromatic heterocycles. The molecule has 0 saturated carbocycles. The monoisotopic (exact) mass is 356 g/mol. The third-order valence-corrected chi connectivity index (χ3v) is 5.12. The molecule has 0 radical (unpaired) electrons. The van der Waals surface area contributed by atoms with E-state index >= 15 is 0 Å². The molecule has 0 aliphatic carbocycles. The number of esters is 1. The Morgan fingerprint density at radius 3 is 2.42 bits per heavy atom. The second kappa shape index (κ2) is 9.39. The van der Waals surface area contributed by atoms with E-state index in [2.05, 4.69) is 5.32 Å². The molecule has 134 valence electrons. The van der Waals surface area contributed by atoms with Crippen molar-refractivity contribution in [2.24, 2.45) is 0 Å². The smallest absolute Gasteiger partial charge is 0.321 e. The third-order valence-electron chi connectivity index (χ3n) is 3.30. The number of nitrogens with one attached hydrogen (secondary N) is 1. The number of hydrogen-bond acceptors (Lipinski definition) is 5. The van der Waals surface area contributed by atoms with E-state index < -0.39 is 35.1 Å². The van der Waals surface area contributed by atoms with Crippen LogP contribution in [0.2, 0.25) is 0 Å². The molecule has 0 unspecified atom stereocenters. The summed E-state index contributed by atoms with van der Waals surface area (Å²) in [5.41, 5.74) is 0.935. The molecule has 1 N–H and O–H groups in total. The highest BCUT2D eigenvalue weighted by atomic mass is 32.2. The maximum Gasteiger partial charge on any atom is 0.321 e. The SMILES string of the molecule is CCCCNC(=O)COC(=O)CN(C)S(=O)(=O)c1ccc(C)cc1. The van der Waals surface area contributed by atoms with Gasteiger partial charge in [-0.15, -0.1) is 0 Å². The van der Waals surface area contributed by atoms with Crippen molar-refractivity contribution >= 4 is 21.9 Å². The first-order valence-corrected chi connectivity index (χ1v) is 9.16. The van der Waals surface area contributed by atoms with Gasteiger partial charge in [-0.2, -0.15) is 4.31 Å². The van der Waals surface area contributed by atoms with Crippen molar-refractivity contribution in [1.82, 2.24) is 9.62 Å². The largest absolute Gasteiger partial charge is 0.455 e. The molecule has 0 heterocycles. The summed E-state index contributed by atoms with van der Waals surface area (Å²) in [6.07, 6.45) is 1.79. The number of rotatable bonds is 9. The van der Waals surface area contributed by atoms with Crippen LogP contribution in [0.1, 0.15) is 25.3 Å². The van der Waals surface area contributed by atoms with Crippen LogP contribution < -0.4 is 5.32 Å². The number of benzene rings is 1. The van der Waals surface area contributed by atoms with Crippen LogP contribution in [0, 0.1) is 6.92 Å². The molecule has 1 aromatic carbocycles. The highest BCUT2D eigenvalue weighted by Crippen LogP contribution is 2.14. The molecule has 0 aliphatic rings. The first-order chi connectivity index (χ1) is 11.3. The number of hydrogen-bond donors (Lipinski definition) is 1. The molecule has 0 saturated heterocycles. The molecule has 0 fully saturated rings. The number of likely N-dealkylation sites (N-methyl/N-ethyl adjacent to an activating group) is 1.